The first-order valence-electron chi connectivity index (χ1n) is 12.4. The molecule has 0 aliphatic heterocycles. The van der Waals surface area contributed by atoms with Gasteiger partial charge in [-0.2, -0.15) is 4.52 Å². The van der Waals surface area contributed by atoms with E-state index in [-0.39, 0.29) is 30.0 Å². The van der Waals surface area contributed by atoms with Gasteiger partial charge in [-0.05, 0) is 43.2 Å². The fourth-order valence-corrected chi connectivity index (χ4v) is 4.15. The summed E-state index contributed by atoms with van der Waals surface area (Å²) in [6.45, 7) is 8.65. The van der Waals surface area contributed by atoms with Crippen LogP contribution in [-0.4, -0.2) is 57.2 Å². The van der Waals surface area contributed by atoms with E-state index in [0.29, 0.717) is 54.1 Å². The van der Waals surface area contributed by atoms with Crippen molar-refractivity contribution in [1.82, 2.24) is 19.4 Å². The molecule has 36 heavy (non-hydrogen) atoms. The van der Waals surface area contributed by atoms with Crippen LogP contribution in [0, 0.1) is 5.41 Å². The lowest BCUT2D eigenvalue weighted by Gasteiger charge is -2.25. The van der Waals surface area contributed by atoms with Crippen molar-refractivity contribution >= 4 is 11.4 Å². The van der Waals surface area contributed by atoms with Crippen LogP contribution in [0.2, 0.25) is 0 Å². The number of Topliss-reactive ketones (excluding diaryl/α,β-unsaturated/α-hetero) is 1. The average Bonchev–Trinajstić information content (AvgIpc) is 3.63. The predicted molar refractivity (Wildman–Crippen MR) is 133 cm³/mol. The molecule has 1 fully saturated rings. The van der Waals surface area contributed by atoms with Gasteiger partial charge in [-0.3, -0.25) is 10.2 Å². The lowest BCUT2D eigenvalue weighted by atomic mass is 9.84. The first-order valence-corrected chi connectivity index (χ1v) is 12.4. The summed E-state index contributed by atoms with van der Waals surface area (Å²) in [4.78, 5) is 13.5. The molecular formula is C26H35N5O5. The molecule has 0 amide bonds. The zero-order valence-electron chi connectivity index (χ0n) is 21.6. The first kappa shape index (κ1) is 25.7. The Bertz CT molecular complexity index is 1320. The Morgan fingerprint density at radius 1 is 1.19 bits per heavy atom. The quantitative estimate of drug-likeness (QED) is 0.308. The highest BCUT2D eigenvalue weighted by molar-refractivity contribution is 5.97. The smallest absolute Gasteiger partial charge is 0.242 e. The fourth-order valence-electron chi connectivity index (χ4n) is 4.15. The van der Waals surface area contributed by atoms with Crippen molar-refractivity contribution in [2.45, 2.75) is 64.8 Å². The van der Waals surface area contributed by atoms with Crippen LogP contribution in [0.1, 0.15) is 74.4 Å². The summed E-state index contributed by atoms with van der Waals surface area (Å²) >= 11 is 0. The van der Waals surface area contributed by atoms with E-state index >= 15 is 0 Å². The lowest BCUT2D eigenvalue weighted by molar-refractivity contribution is 0.0964. The summed E-state index contributed by atoms with van der Waals surface area (Å²) in [5.74, 6) is 1.63. The first-order chi connectivity index (χ1) is 17.2. The number of carbonyl (C=O) groups excluding carboxylic acids is 1. The molecule has 10 nitrogen and oxygen atoms in total. The number of hydrogen-bond donors (Lipinski definition) is 2. The number of nitrogens with zero attached hydrogens (tertiary/aromatic N) is 4. The average molecular weight is 498 g/mol. The molecule has 2 aromatic heterocycles. The van der Waals surface area contributed by atoms with Gasteiger partial charge in [0.25, 0.3) is 0 Å². The number of ketones is 1. The van der Waals surface area contributed by atoms with E-state index in [1.807, 2.05) is 39.8 Å². The number of hydrogen-bond acceptors (Lipinski definition) is 8. The number of fused-ring (bicyclic) bond motifs is 1. The normalized spacial score (nSPS) is 13.7. The number of nitrogens with one attached hydrogen (secondary N) is 1. The minimum Gasteiger partial charge on any atom is -0.493 e. The highest BCUT2D eigenvalue weighted by Gasteiger charge is 2.29. The molecule has 3 aromatic rings. The SMILES string of the molecule is CCOc1cc(C2CC2)c2nn(CC(=O)c3cc(OCCCO)c(OC)c(C(C)(C)C)c3)c(=N)n2n1. The third-order valence-corrected chi connectivity index (χ3v) is 6.15. The van der Waals surface area contributed by atoms with Gasteiger partial charge in [0.05, 0.1) is 20.3 Å². The largest absolute Gasteiger partial charge is 0.493 e. The number of carbonyl (C=O) groups is 1. The highest BCUT2D eigenvalue weighted by atomic mass is 16.5. The van der Waals surface area contributed by atoms with Gasteiger partial charge in [0.2, 0.25) is 11.5 Å². The molecule has 1 saturated carbocycles. The number of aromatic nitrogens is 4. The summed E-state index contributed by atoms with van der Waals surface area (Å²) < 4.78 is 20.0. The summed E-state index contributed by atoms with van der Waals surface area (Å²) in [7, 11) is 1.57. The van der Waals surface area contributed by atoms with E-state index in [9.17, 15) is 4.79 Å². The molecule has 4 rings (SSSR count). The topological polar surface area (TPSA) is 124 Å². The molecule has 0 bridgehead atoms. The molecule has 0 spiro atoms. The van der Waals surface area contributed by atoms with E-state index in [1.165, 1.54) is 9.20 Å². The van der Waals surface area contributed by atoms with E-state index in [1.54, 1.807) is 13.2 Å². The van der Waals surface area contributed by atoms with Gasteiger partial charge in [0.15, 0.2) is 22.9 Å². The Morgan fingerprint density at radius 2 is 1.94 bits per heavy atom. The van der Waals surface area contributed by atoms with Gasteiger partial charge in [-0.25, -0.2) is 4.68 Å². The maximum Gasteiger partial charge on any atom is 0.242 e. The number of benzene rings is 1. The van der Waals surface area contributed by atoms with E-state index in [4.69, 9.17) is 24.7 Å². The summed E-state index contributed by atoms with van der Waals surface area (Å²) in [5, 5.41) is 26.8. The van der Waals surface area contributed by atoms with Crippen LogP contribution in [0.3, 0.4) is 0 Å². The van der Waals surface area contributed by atoms with Crippen molar-refractivity contribution in [2.75, 3.05) is 26.9 Å². The van der Waals surface area contributed by atoms with Crippen molar-refractivity contribution in [1.29, 1.82) is 5.41 Å². The van der Waals surface area contributed by atoms with Crippen molar-refractivity contribution in [3.05, 3.63) is 40.5 Å². The second kappa shape index (κ2) is 10.3. The molecule has 2 heterocycles. The molecule has 2 N–H and O–H groups in total. The Morgan fingerprint density at radius 3 is 2.56 bits per heavy atom. The molecule has 194 valence electrons. The van der Waals surface area contributed by atoms with Crippen molar-refractivity contribution < 1.29 is 24.1 Å². The maximum atomic E-state index is 13.5. The number of aliphatic hydroxyl groups excluding tert-OH is 1. The van der Waals surface area contributed by atoms with Crippen molar-refractivity contribution in [3.8, 4) is 17.4 Å². The van der Waals surface area contributed by atoms with Gasteiger partial charge in [0.1, 0.15) is 6.54 Å². The van der Waals surface area contributed by atoms with Crippen LogP contribution in [0.15, 0.2) is 18.2 Å². The number of methoxy groups -OCH3 is 1. The Labute approximate surface area is 210 Å². The van der Waals surface area contributed by atoms with E-state index in [0.717, 1.165) is 24.0 Å². The second-order valence-electron chi connectivity index (χ2n) is 10.0. The number of aliphatic hydroxyl groups is 1. The molecule has 0 saturated heterocycles. The molecule has 1 aliphatic rings. The van der Waals surface area contributed by atoms with Gasteiger partial charge in [-0.1, -0.05) is 20.8 Å². The molecular weight excluding hydrogens is 462 g/mol. The zero-order chi connectivity index (χ0) is 26.0. The Kier molecular flexibility index (Phi) is 7.35. The van der Waals surface area contributed by atoms with Gasteiger partial charge >= 0.3 is 0 Å². The Hall–Kier alpha value is -3.40. The maximum absolute atomic E-state index is 13.5. The monoisotopic (exact) mass is 497 g/mol. The van der Waals surface area contributed by atoms with Crippen molar-refractivity contribution in [3.63, 3.8) is 0 Å². The number of ether oxygens (including phenoxy) is 3. The predicted octanol–water partition coefficient (Wildman–Crippen LogP) is 3.24. The third-order valence-electron chi connectivity index (χ3n) is 6.15. The van der Waals surface area contributed by atoms with Crippen LogP contribution >= 0.6 is 0 Å². The molecule has 1 aliphatic carbocycles. The van der Waals surface area contributed by atoms with Gasteiger partial charge in [-0.15, -0.1) is 10.2 Å². The molecule has 0 unspecified atom stereocenters. The second-order valence-corrected chi connectivity index (χ2v) is 10.0. The van der Waals surface area contributed by atoms with Crippen molar-refractivity contribution in [2.24, 2.45) is 0 Å². The molecule has 0 radical (unpaired) electrons. The van der Waals surface area contributed by atoms with Crippen LogP contribution in [0.25, 0.3) is 5.65 Å². The molecule has 1 aromatic carbocycles. The standard InChI is InChI=1S/C26H35N5O5/c1-6-35-22-14-18(16-8-9-16)24-29-30(25(27)31(24)28-22)15-20(33)17-12-19(26(2,3)4)23(34-5)21(13-17)36-11-7-10-32/h12-14,16,27,32H,6-11,15H2,1-5H3. The number of rotatable bonds is 11. The zero-order valence-corrected chi connectivity index (χ0v) is 21.6. The van der Waals surface area contributed by atoms with Crippen LogP contribution in [0.4, 0.5) is 0 Å². The van der Waals surface area contributed by atoms with E-state index < -0.39 is 0 Å². The highest BCUT2D eigenvalue weighted by Crippen LogP contribution is 2.42. The fraction of sp³-hybridized carbons (Fsp3) is 0.538. The van der Waals surface area contributed by atoms with Gasteiger partial charge in [0, 0.05) is 35.8 Å². The Balaban J connectivity index is 1.72. The van der Waals surface area contributed by atoms with Gasteiger partial charge < -0.3 is 19.3 Å². The minimum atomic E-state index is -0.313. The summed E-state index contributed by atoms with van der Waals surface area (Å²) in [6.07, 6.45) is 2.58. The van der Waals surface area contributed by atoms with E-state index in [2.05, 4.69) is 10.2 Å². The minimum absolute atomic E-state index is 0.00535. The van der Waals surface area contributed by atoms with Crippen LogP contribution in [-0.2, 0) is 12.0 Å². The summed E-state index contributed by atoms with van der Waals surface area (Å²) in [6, 6.07) is 5.38. The third kappa shape index (κ3) is 5.23. The summed E-state index contributed by atoms with van der Waals surface area (Å²) in [5.41, 5.74) is 2.54. The lowest BCUT2D eigenvalue weighted by Crippen LogP contribution is -2.26. The van der Waals surface area contributed by atoms with Crippen LogP contribution < -0.4 is 19.8 Å². The molecule has 10 heteroatoms. The molecule has 0 atom stereocenters. The van der Waals surface area contributed by atoms with Crippen LogP contribution in [0.5, 0.6) is 17.4 Å².